The van der Waals surface area contributed by atoms with E-state index in [0.717, 1.165) is 12.1 Å². The third-order valence-corrected chi connectivity index (χ3v) is 6.92. The van der Waals surface area contributed by atoms with Crippen LogP contribution in [0.3, 0.4) is 0 Å². The molecule has 192 valence electrons. The molecule has 37 heavy (non-hydrogen) atoms. The van der Waals surface area contributed by atoms with Crippen LogP contribution in [-0.2, 0) is 16.1 Å². The van der Waals surface area contributed by atoms with Gasteiger partial charge in [0.1, 0.15) is 0 Å². The summed E-state index contributed by atoms with van der Waals surface area (Å²) in [4.78, 5) is 18.7. The smallest absolute Gasteiger partial charge is 0.374 e. The first-order valence-electron chi connectivity index (χ1n) is 10.8. The summed E-state index contributed by atoms with van der Waals surface area (Å²) >= 11 is 11.4. The molecule has 13 heteroatoms. The first kappa shape index (κ1) is 25.3. The summed E-state index contributed by atoms with van der Waals surface area (Å²) in [6.07, 6.45) is -3.04. The number of benzene rings is 2. The van der Waals surface area contributed by atoms with Crippen LogP contribution in [0.5, 0.6) is 0 Å². The Morgan fingerprint density at radius 3 is 2.22 bits per heavy atom. The highest BCUT2D eigenvalue weighted by atomic mass is 35.5. The summed E-state index contributed by atoms with van der Waals surface area (Å²) in [5.41, 5.74) is -4.50. The van der Waals surface area contributed by atoms with E-state index in [1.165, 1.54) is 47.6 Å². The Balaban J connectivity index is 1.33. The maximum Gasteiger partial charge on any atom is 0.435 e. The van der Waals surface area contributed by atoms with Crippen molar-refractivity contribution in [1.29, 1.82) is 0 Å². The van der Waals surface area contributed by atoms with Crippen LogP contribution in [0.15, 0.2) is 60.0 Å². The SMILES string of the molecule is O=C(c1ccnnc1)N1CC(F)(c2ccc(C3=NOC(c4cc(Cl)c(F)c(Cl)c4)(C(F)(F)F)C3)cc2)C1. The normalized spacial score (nSPS) is 20.7. The van der Waals surface area contributed by atoms with Crippen LogP contribution in [0, 0.1) is 5.82 Å². The van der Waals surface area contributed by atoms with Gasteiger partial charge in [-0.1, -0.05) is 52.6 Å². The number of alkyl halides is 4. The summed E-state index contributed by atoms with van der Waals surface area (Å²) < 4.78 is 71.8. The van der Waals surface area contributed by atoms with Crippen LogP contribution >= 0.6 is 23.2 Å². The number of amides is 1. The van der Waals surface area contributed by atoms with Gasteiger partial charge in [0, 0.05) is 12.0 Å². The van der Waals surface area contributed by atoms with Crippen LogP contribution in [0.25, 0.3) is 0 Å². The molecule has 1 unspecified atom stereocenters. The van der Waals surface area contributed by atoms with Gasteiger partial charge < -0.3 is 9.74 Å². The highest BCUT2D eigenvalue weighted by Crippen LogP contribution is 2.50. The molecular weight excluding hydrogens is 542 g/mol. The second kappa shape index (κ2) is 8.91. The fraction of sp³-hybridized carbons (Fsp3) is 0.250. The number of likely N-dealkylation sites (tertiary alicyclic amines) is 1. The number of hydrogen-bond acceptors (Lipinski definition) is 5. The number of oxime groups is 1. The molecule has 5 rings (SSSR count). The monoisotopic (exact) mass is 556 g/mol. The number of hydrogen-bond donors (Lipinski definition) is 0. The Morgan fingerprint density at radius 2 is 1.65 bits per heavy atom. The molecule has 1 amide bonds. The minimum atomic E-state index is -4.95. The van der Waals surface area contributed by atoms with Crippen molar-refractivity contribution in [2.24, 2.45) is 5.16 Å². The molecule has 2 aliphatic heterocycles. The standard InChI is InChI=1S/C24H15Cl2F5N4O2/c25-17-7-16(8-18(26)20(17)27)23(24(29,30)31)9-19(34-37-23)13-1-3-15(4-2-13)22(28)11-35(12-22)21(36)14-5-6-32-33-10-14/h1-8,10H,9,11-12H2. The van der Waals surface area contributed by atoms with Crippen molar-refractivity contribution >= 4 is 34.8 Å². The van der Waals surface area contributed by atoms with Crippen molar-refractivity contribution in [3.63, 3.8) is 0 Å². The lowest BCUT2D eigenvalue weighted by molar-refractivity contribution is -0.275. The summed E-state index contributed by atoms with van der Waals surface area (Å²) in [7, 11) is 0. The largest absolute Gasteiger partial charge is 0.435 e. The predicted molar refractivity (Wildman–Crippen MR) is 124 cm³/mol. The summed E-state index contributed by atoms with van der Waals surface area (Å²) in [5, 5.41) is 9.69. The van der Waals surface area contributed by atoms with E-state index < -0.39 is 45.3 Å². The van der Waals surface area contributed by atoms with E-state index in [9.17, 15) is 22.4 Å². The van der Waals surface area contributed by atoms with Crippen molar-refractivity contribution in [2.45, 2.75) is 23.9 Å². The van der Waals surface area contributed by atoms with Crippen molar-refractivity contribution in [3.05, 3.63) is 93.0 Å². The first-order chi connectivity index (χ1) is 17.4. The van der Waals surface area contributed by atoms with Crippen molar-refractivity contribution < 1.29 is 31.6 Å². The van der Waals surface area contributed by atoms with Gasteiger partial charge in [-0.25, -0.2) is 8.78 Å². The number of nitrogens with zero attached hydrogens (tertiary/aromatic N) is 4. The third-order valence-electron chi connectivity index (χ3n) is 6.37. The zero-order valence-electron chi connectivity index (χ0n) is 18.6. The van der Waals surface area contributed by atoms with E-state index in [1.54, 1.807) is 0 Å². The molecule has 2 aliphatic rings. The van der Waals surface area contributed by atoms with Gasteiger partial charge in [-0.05, 0) is 29.3 Å². The Labute approximate surface area is 216 Å². The molecular formula is C24H15Cl2F5N4O2. The lowest BCUT2D eigenvalue weighted by Gasteiger charge is -2.44. The number of carbonyl (C=O) groups is 1. The molecule has 0 spiro atoms. The molecule has 3 aromatic rings. The molecule has 3 heterocycles. The topological polar surface area (TPSA) is 67.7 Å². The van der Waals surface area contributed by atoms with Crippen LogP contribution in [0.2, 0.25) is 10.0 Å². The lowest BCUT2D eigenvalue weighted by Crippen LogP contribution is -2.58. The minimum Gasteiger partial charge on any atom is -0.374 e. The maximum absolute atomic E-state index is 15.4. The molecule has 0 radical (unpaired) electrons. The van der Waals surface area contributed by atoms with Crippen LogP contribution in [-0.4, -0.2) is 46.0 Å². The van der Waals surface area contributed by atoms with E-state index in [4.69, 9.17) is 28.0 Å². The lowest BCUT2D eigenvalue weighted by atomic mass is 9.84. The summed E-state index contributed by atoms with van der Waals surface area (Å²) in [6.45, 7) is -0.387. The fourth-order valence-electron chi connectivity index (χ4n) is 4.29. The molecule has 0 saturated carbocycles. The van der Waals surface area contributed by atoms with Crippen molar-refractivity contribution in [3.8, 4) is 0 Å². The molecule has 0 bridgehead atoms. The van der Waals surface area contributed by atoms with Crippen molar-refractivity contribution in [1.82, 2.24) is 15.1 Å². The van der Waals surface area contributed by atoms with E-state index in [2.05, 4.69) is 15.4 Å². The first-order valence-corrected chi connectivity index (χ1v) is 11.5. The fourth-order valence-corrected chi connectivity index (χ4v) is 4.78. The van der Waals surface area contributed by atoms with E-state index in [1.807, 2.05) is 0 Å². The van der Waals surface area contributed by atoms with Crippen LogP contribution in [0.4, 0.5) is 22.0 Å². The van der Waals surface area contributed by atoms with E-state index in [-0.39, 0.29) is 41.4 Å². The summed E-state index contributed by atoms with van der Waals surface area (Å²) in [6, 6.07) is 8.77. The van der Waals surface area contributed by atoms with Crippen LogP contribution in [0.1, 0.15) is 33.5 Å². The van der Waals surface area contributed by atoms with Gasteiger partial charge in [0.05, 0.1) is 46.8 Å². The van der Waals surface area contributed by atoms with Gasteiger partial charge in [0.25, 0.3) is 11.5 Å². The van der Waals surface area contributed by atoms with Gasteiger partial charge in [-0.3, -0.25) is 4.79 Å². The minimum absolute atomic E-state index is 0.0519. The molecule has 1 fully saturated rings. The number of aromatic nitrogens is 2. The number of rotatable bonds is 4. The predicted octanol–water partition coefficient (Wildman–Crippen LogP) is 5.83. The van der Waals surface area contributed by atoms with Gasteiger partial charge in [-0.15, -0.1) is 0 Å². The highest BCUT2D eigenvalue weighted by Gasteiger charge is 2.62. The van der Waals surface area contributed by atoms with Gasteiger partial charge in [-0.2, -0.15) is 23.4 Å². The quantitative estimate of drug-likeness (QED) is 0.300. The molecule has 0 aliphatic carbocycles. The van der Waals surface area contributed by atoms with Gasteiger partial charge >= 0.3 is 6.18 Å². The van der Waals surface area contributed by atoms with Crippen molar-refractivity contribution in [2.75, 3.05) is 13.1 Å². The second-order valence-corrected chi connectivity index (χ2v) is 9.53. The zero-order chi connectivity index (χ0) is 26.6. The number of halogens is 7. The van der Waals surface area contributed by atoms with Crippen LogP contribution < -0.4 is 0 Å². The molecule has 0 N–H and O–H groups in total. The molecule has 2 aromatic carbocycles. The molecule has 1 atom stereocenters. The van der Waals surface area contributed by atoms with E-state index >= 15 is 4.39 Å². The van der Waals surface area contributed by atoms with Gasteiger partial charge in [0.2, 0.25) is 0 Å². The summed E-state index contributed by atoms with van der Waals surface area (Å²) in [5.74, 6) is -1.44. The Morgan fingerprint density at radius 1 is 1.00 bits per heavy atom. The average Bonchev–Trinajstić information content (AvgIpc) is 3.32. The molecule has 1 aromatic heterocycles. The van der Waals surface area contributed by atoms with Gasteiger partial charge in [0.15, 0.2) is 11.5 Å². The third kappa shape index (κ3) is 4.29. The Bertz CT molecular complexity index is 1370. The Kier molecular flexibility index (Phi) is 6.11. The Hall–Kier alpha value is -3.31. The zero-order valence-corrected chi connectivity index (χ0v) is 20.1. The number of carbonyl (C=O) groups excluding carboxylic acids is 1. The molecule has 6 nitrogen and oxygen atoms in total. The average molecular weight is 557 g/mol. The highest BCUT2D eigenvalue weighted by molar-refractivity contribution is 6.35. The second-order valence-electron chi connectivity index (χ2n) is 8.72. The molecule has 1 saturated heterocycles. The maximum atomic E-state index is 15.4. The van der Waals surface area contributed by atoms with E-state index in [0.29, 0.717) is 0 Å².